The van der Waals surface area contributed by atoms with Crippen molar-refractivity contribution in [3.8, 4) is 0 Å². The smallest absolute Gasteiger partial charge is 0.269 e. The molecule has 1 amide bonds. The number of carbonyl (C=O) groups is 1. The Labute approximate surface area is 159 Å². The van der Waals surface area contributed by atoms with Crippen molar-refractivity contribution in [2.45, 2.75) is 13.0 Å². The van der Waals surface area contributed by atoms with Gasteiger partial charge in [-0.2, -0.15) is 0 Å². The molecule has 0 bridgehead atoms. The summed E-state index contributed by atoms with van der Waals surface area (Å²) in [6, 6.07) is 10.7. The lowest BCUT2D eigenvalue weighted by Crippen LogP contribution is -2.45. The van der Waals surface area contributed by atoms with Crippen molar-refractivity contribution in [2.24, 2.45) is 0 Å². The van der Waals surface area contributed by atoms with Crippen molar-refractivity contribution in [3.05, 3.63) is 81.3 Å². The Bertz CT molecular complexity index is 942. The maximum absolute atomic E-state index is 13.1. The summed E-state index contributed by atoms with van der Waals surface area (Å²) in [7, 11) is 0. The number of nitrogens with zero attached hydrogens (tertiary/aromatic N) is 1. The Kier molecular flexibility index (Phi) is 5.13. The van der Waals surface area contributed by atoms with Crippen LogP contribution in [0.2, 0.25) is 0 Å². The fourth-order valence-electron chi connectivity index (χ4n) is 2.77. The highest BCUT2D eigenvalue weighted by Crippen LogP contribution is 2.29. The number of halogens is 1. The molecule has 0 spiro atoms. The molecule has 1 aliphatic heterocycles. The first-order valence-corrected chi connectivity index (χ1v) is 8.35. The molecule has 1 aliphatic rings. The number of hydrogen-bond donors (Lipinski definition) is 3. The van der Waals surface area contributed by atoms with Gasteiger partial charge in [0, 0.05) is 23.5 Å². The molecule has 0 saturated carbocycles. The van der Waals surface area contributed by atoms with Crippen LogP contribution in [0.25, 0.3) is 0 Å². The lowest BCUT2D eigenvalue weighted by atomic mass is 9.94. The van der Waals surface area contributed by atoms with Crippen LogP contribution < -0.4 is 16.0 Å². The van der Waals surface area contributed by atoms with Gasteiger partial charge in [0.05, 0.1) is 16.5 Å². The Hall–Kier alpha value is -3.33. The van der Waals surface area contributed by atoms with Gasteiger partial charge in [0.1, 0.15) is 5.82 Å². The Morgan fingerprint density at radius 1 is 1.19 bits per heavy atom. The molecule has 0 fully saturated rings. The Morgan fingerprint density at radius 2 is 1.81 bits per heavy atom. The Balaban J connectivity index is 1.92. The molecule has 2 aromatic rings. The number of nitro groups is 1. The van der Waals surface area contributed by atoms with E-state index in [0.717, 1.165) is 0 Å². The molecule has 2 aromatic carbocycles. The van der Waals surface area contributed by atoms with Gasteiger partial charge in [-0.1, -0.05) is 0 Å². The number of anilines is 1. The minimum Gasteiger partial charge on any atom is -0.351 e. The molecule has 0 aromatic heterocycles. The largest absolute Gasteiger partial charge is 0.351 e. The van der Waals surface area contributed by atoms with E-state index in [2.05, 4.69) is 16.0 Å². The summed E-state index contributed by atoms with van der Waals surface area (Å²) in [6.07, 6.45) is 0. The molecule has 3 rings (SSSR count). The second kappa shape index (κ2) is 7.50. The third-order valence-corrected chi connectivity index (χ3v) is 4.27. The van der Waals surface area contributed by atoms with Crippen molar-refractivity contribution in [2.75, 3.05) is 5.32 Å². The highest BCUT2D eigenvalue weighted by Gasteiger charge is 2.30. The lowest BCUT2D eigenvalue weighted by Gasteiger charge is -2.30. The molecule has 1 atom stereocenters. The van der Waals surface area contributed by atoms with E-state index >= 15 is 0 Å². The van der Waals surface area contributed by atoms with Crippen LogP contribution in [0.1, 0.15) is 18.5 Å². The van der Waals surface area contributed by atoms with Crippen LogP contribution in [0.3, 0.4) is 0 Å². The zero-order valence-electron chi connectivity index (χ0n) is 14.2. The maximum Gasteiger partial charge on any atom is 0.269 e. The fraction of sp³-hybridized carbons (Fsp3) is 0.111. The molecule has 1 heterocycles. The number of rotatable bonds is 4. The van der Waals surface area contributed by atoms with Crippen molar-refractivity contribution in [1.82, 2.24) is 10.6 Å². The molecule has 3 N–H and O–H groups in total. The summed E-state index contributed by atoms with van der Waals surface area (Å²) in [5, 5.41) is 19.8. The molecule has 0 saturated heterocycles. The van der Waals surface area contributed by atoms with E-state index in [0.29, 0.717) is 27.6 Å². The SMILES string of the molecule is CC1=C(C(=O)Nc2ccc(F)cc2)[C@@H](c2ccc([N+](=O)[O-])cc2)NC(=S)N1. The quantitative estimate of drug-likeness (QED) is 0.424. The summed E-state index contributed by atoms with van der Waals surface area (Å²) in [5.41, 5.74) is 1.97. The number of thiocarbonyl (C=S) groups is 1. The van der Waals surface area contributed by atoms with Crippen LogP contribution in [0, 0.1) is 15.9 Å². The summed E-state index contributed by atoms with van der Waals surface area (Å²) >= 11 is 5.17. The number of carbonyl (C=O) groups excluding carboxylic acids is 1. The molecule has 9 heteroatoms. The number of amides is 1. The van der Waals surface area contributed by atoms with Crippen LogP contribution >= 0.6 is 12.2 Å². The second-order valence-electron chi connectivity index (χ2n) is 5.88. The highest BCUT2D eigenvalue weighted by atomic mass is 32.1. The normalized spacial score (nSPS) is 16.4. The summed E-state index contributed by atoms with van der Waals surface area (Å²) in [6.45, 7) is 1.71. The third-order valence-electron chi connectivity index (χ3n) is 4.05. The van der Waals surface area contributed by atoms with Crippen molar-refractivity contribution in [3.63, 3.8) is 0 Å². The lowest BCUT2D eigenvalue weighted by molar-refractivity contribution is -0.384. The molecule has 0 radical (unpaired) electrons. The molecule has 0 unspecified atom stereocenters. The van der Waals surface area contributed by atoms with Crippen molar-refractivity contribution >= 4 is 34.6 Å². The van der Waals surface area contributed by atoms with Crippen LogP contribution in [0.15, 0.2) is 59.8 Å². The minimum atomic E-state index is -0.583. The summed E-state index contributed by atoms with van der Waals surface area (Å²) in [4.78, 5) is 23.2. The summed E-state index contributed by atoms with van der Waals surface area (Å²) < 4.78 is 13.1. The monoisotopic (exact) mass is 386 g/mol. The first kappa shape index (κ1) is 18.5. The molecular weight excluding hydrogens is 371 g/mol. The molecular formula is C18H15FN4O3S. The van der Waals surface area contributed by atoms with Crippen molar-refractivity contribution in [1.29, 1.82) is 0 Å². The van der Waals surface area contributed by atoms with Gasteiger partial charge >= 0.3 is 0 Å². The average molecular weight is 386 g/mol. The minimum absolute atomic E-state index is 0.0479. The molecule has 27 heavy (non-hydrogen) atoms. The zero-order valence-corrected chi connectivity index (χ0v) is 15.0. The molecule has 0 aliphatic carbocycles. The fourth-order valence-corrected chi connectivity index (χ4v) is 3.04. The topological polar surface area (TPSA) is 96.3 Å². The number of benzene rings is 2. The van der Waals surface area contributed by atoms with Gasteiger partial charge in [0.2, 0.25) is 0 Å². The van der Waals surface area contributed by atoms with E-state index in [1.807, 2.05) is 0 Å². The van der Waals surface area contributed by atoms with Gasteiger partial charge in [-0.05, 0) is 61.1 Å². The first-order valence-electron chi connectivity index (χ1n) is 7.94. The van der Waals surface area contributed by atoms with Crippen LogP contribution in [-0.2, 0) is 4.79 Å². The maximum atomic E-state index is 13.1. The number of nitrogens with one attached hydrogen (secondary N) is 3. The van der Waals surface area contributed by atoms with Gasteiger partial charge in [-0.15, -0.1) is 0 Å². The third kappa shape index (κ3) is 4.09. The number of hydrogen-bond acceptors (Lipinski definition) is 4. The second-order valence-corrected chi connectivity index (χ2v) is 6.29. The molecule has 7 nitrogen and oxygen atoms in total. The van der Waals surface area contributed by atoms with Crippen LogP contribution in [-0.4, -0.2) is 15.9 Å². The first-order chi connectivity index (χ1) is 12.8. The highest BCUT2D eigenvalue weighted by molar-refractivity contribution is 7.80. The molecule has 138 valence electrons. The van der Waals surface area contributed by atoms with Crippen LogP contribution in [0.5, 0.6) is 0 Å². The number of non-ortho nitro benzene ring substituents is 1. The van der Waals surface area contributed by atoms with E-state index in [-0.39, 0.29) is 5.69 Å². The predicted molar refractivity (Wildman–Crippen MR) is 102 cm³/mol. The van der Waals surface area contributed by atoms with E-state index in [9.17, 15) is 19.3 Å². The average Bonchev–Trinajstić information content (AvgIpc) is 2.63. The van der Waals surface area contributed by atoms with Gasteiger partial charge in [-0.25, -0.2) is 4.39 Å². The van der Waals surface area contributed by atoms with E-state index < -0.39 is 22.7 Å². The van der Waals surface area contributed by atoms with Crippen LogP contribution in [0.4, 0.5) is 15.8 Å². The predicted octanol–water partition coefficient (Wildman–Crippen LogP) is 3.17. The standard InChI is InChI=1S/C18H15FN4O3S/c1-10-15(17(24)21-13-6-4-12(19)5-7-13)16(22-18(27)20-10)11-2-8-14(9-3-11)23(25)26/h2-9,16H,1H3,(H,21,24)(H2,20,22,27)/t16-/m1/s1. The number of allylic oxidation sites excluding steroid dienone is 1. The summed E-state index contributed by atoms with van der Waals surface area (Å²) in [5.74, 6) is -0.802. The number of nitro benzene ring substituents is 1. The van der Waals surface area contributed by atoms with Crippen molar-refractivity contribution < 1.29 is 14.1 Å². The van der Waals surface area contributed by atoms with E-state index in [1.165, 1.54) is 36.4 Å². The van der Waals surface area contributed by atoms with Gasteiger partial charge in [0.15, 0.2) is 5.11 Å². The van der Waals surface area contributed by atoms with E-state index in [4.69, 9.17) is 12.2 Å². The van der Waals surface area contributed by atoms with Gasteiger partial charge in [0.25, 0.3) is 11.6 Å². The zero-order chi connectivity index (χ0) is 19.6. The van der Waals surface area contributed by atoms with Gasteiger partial charge in [-0.3, -0.25) is 14.9 Å². The van der Waals surface area contributed by atoms with Gasteiger partial charge < -0.3 is 16.0 Å². The Morgan fingerprint density at radius 3 is 2.41 bits per heavy atom. The van der Waals surface area contributed by atoms with E-state index in [1.54, 1.807) is 19.1 Å².